The third-order valence-electron chi connectivity index (χ3n) is 6.07. The number of ketones is 1. The number of methoxy groups -OCH3 is 1. The Balaban J connectivity index is 1.76. The molecule has 6 nitrogen and oxygen atoms in total. The van der Waals surface area contributed by atoms with Crippen LogP contribution in [0.2, 0.25) is 10.0 Å². The SMILES string of the molecule is COc1cccc(C(O)=C2C(=O)C(=O)N(c3nc4c(C)cc(C)cc4s3)C2c2ccc(Cl)c(Cl)c2)c1. The topological polar surface area (TPSA) is 79.7 Å². The minimum atomic E-state index is -0.965. The van der Waals surface area contributed by atoms with Gasteiger partial charge in [0.2, 0.25) is 0 Å². The van der Waals surface area contributed by atoms with Gasteiger partial charge in [0.25, 0.3) is 5.78 Å². The van der Waals surface area contributed by atoms with Crippen molar-refractivity contribution in [3.8, 4) is 5.75 Å². The summed E-state index contributed by atoms with van der Waals surface area (Å²) in [5.41, 5.74) is 3.57. The van der Waals surface area contributed by atoms with Crippen molar-refractivity contribution in [2.75, 3.05) is 12.0 Å². The number of Topliss-reactive ketones (excluding diaryl/α,β-unsaturated/α-hetero) is 1. The van der Waals surface area contributed by atoms with Gasteiger partial charge in [0.1, 0.15) is 11.5 Å². The van der Waals surface area contributed by atoms with Crippen LogP contribution in [-0.4, -0.2) is 28.9 Å². The van der Waals surface area contributed by atoms with E-state index in [0.29, 0.717) is 27.0 Å². The molecule has 1 amide bonds. The van der Waals surface area contributed by atoms with Crippen LogP contribution >= 0.6 is 34.5 Å². The highest BCUT2D eigenvalue weighted by atomic mass is 35.5. The summed E-state index contributed by atoms with van der Waals surface area (Å²) in [6.07, 6.45) is 0. The molecule has 1 saturated heterocycles. The van der Waals surface area contributed by atoms with Gasteiger partial charge in [0, 0.05) is 5.56 Å². The number of aryl methyl sites for hydroxylation is 2. The van der Waals surface area contributed by atoms with Crippen LogP contribution in [0.15, 0.2) is 60.2 Å². The van der Waals surface area contributed by atoms with Gasteiger partial charge < -0.3 is 9.84 Å². The smallest absolute Gasteiger partial charge is 0.301 e. The highest BCUT2D eigenvalue weighted by Gasteiger charge is 2.48. The minimum absolute atomic E-state index is 0.0706. The van der Waals surface area contributed by atoms with Gasteiger partial charge in [-0.3, -0.25) is 14.5 Å². The van der Waals surface area contributed by atoms with Crippen molar-refractivity contribution in [2.45, 2.75) is 19.9 Å². The fraction of sp³-hybridized carbons (Fsp3) is 0.148. The molecule has 1 aliphatic rings. The number of aliphatic hydroxyl groups excluding tert-OH is 1. The maximum Gasteiger partial charge on any atom is 0.301 e. The second-order valence-electron chi connectivity index (χ2n) is 8.50. The quantitative estimate of drug-likeness (QED) is 0.174. The van der Waals surface area contributed by atoms with Gasteiger partial charge in [-0.1, -0.05) is 58.8 Å². The molecular formula is C27H20Cl2N2O4S. The summed E-state index contributed by atoms with van der Waals surface area (Å²) in [5, 5.41) is 12.3. The Labute approximate surface area is 221 Å². The first kappa shape index (κ1) is 24.3. The lowest BCUT2D eigenvalue weighted by Crippen LogP contribution is -2.29. The van der Waals surface area contributed by atoms with Crippen LogP contribution in [0.5, 0.6) is 5.75 Å². The van der Waals surface area contributed by atoms with Crippen molar-refractivity contribution < 1.29 is 19.4 Å². The van der Waals surface area contributed by atoms with Crippen LogP contribution in [0.1, 0.15) is 28.3 Å². The average molecular weight is 539 g/mol. The lowest BCUT2D eigenvalue weighted by molar-refractivity contribution is -0.132. The molecule has 4 aromatic rings. The molecule has 3 aromatic carbocycles. The first-order chi connectivity index (χ1) is 17.2. The second kappa shape index (κ2) is 9.24. The molecule has 0 aliphatic carbocycles. The molecular weight excluding hydrogens is 519 g/mol. The molecule has 5 rings (SSSR count). The zero-order valence-corrected chi connectivity index (χ0v) is 21.8. The molecule has 1 fully saturated rings. The van der Waals surface area contributed by atoms with E-state index in [1.54, 1.807) is 42.5 Å². The van der Waals surface area contributed by atoms with E-state index in [2.05, 4.69) is 0 Å². The first-order valence-corrected chi connectivity index (χ1v) is 12.5. The first-order valence-electron chi connectivity index (χ1n) is 11.0. The van der Waals surface area contributed by atoms with Crippen LogP contribution in [0, 0.1) is 13.8 Å². The highest BCUT2D eigenvalue weighted by Crippen LogP contribution is 2.45. The fourth-order valence-electron chi connectivity index (χ4n) is 4.42. The van der Waals surface area contributed by atoms with E-state index < -0.39 is 17.7 Å². The lowest BCUT2D eigenvalue weighted by Gasteiger charge is -2.23. The van der Waals surface area contributed by atoms with Gasteiger partial charge in [0.05, 0.1) is 39.0 Å². The zero-order chi connectivity index (χ0) is 25.7. The van der Waals surface area contributed by atoms with Crippen molar-refractivity contribution in [2.24, 2.45) is 0 Å². The van der Waals surface area contributed by atoms with Crippen LogP contribution in [0.3, 0.4) is 0 Å². The molecule has 0 spiro atoms. The van der Waals surface area contributed by atoms with E-state index in [4.69, 9.17) is 32.9 Å². The molecule has 0 bridgehead atoms. The molecule has 9 heteroatoms. The summed E-state index contributed by atoms with van der Waals surface area (Å²) in [6, 6.07) is 14.6. The maximum atomic E-state index is 13.5. The molecule has 182 valence electrons. The zero-order valence-electron chi connectivity index (χ0n) is 19.5. The van der Waals surface area contributed by atoms with E-state index in [1.165, 1.54) is 23.3 Å². The number of benzene rings is 3. The highest BCUT2D eigenvalue weighted by molar-refractivity contribution is 7.22. The van der Waals surface area contributed by atoms with Crippen LogP contribution in [0.4, 0.5) is 5.13 Å². The number of ether oxygens (including phenoxy) is 1. The number of fused-ring (bicyclic) bond motifs is 1. The normalized spacial score (nSPS) is 17.2. The molecule has 1 aliphatic heterocycles. The Morgan fingerprint density at radius 1 is 1.06 bits per heavy atom. The average Bonchev–Trinajstić information content (AvgIpc) is 3.39. The van der Waals surface area contributed by atoms with E-state index in [9.17, 15) is 14.7 Å². The number of halogens is 2. The third kappa shape index (κ3) is 4.03. The number of amides is 1. The van der Waals surface area contributed by atoms with Crippen LogP contribution < -0.4 is 9.64 Å². The predicted octanol–water partition coefficient (Wildman–Crippen LogP) is 6.85. The van der Waals surface area contributed by atoms with Gasteiger partial charge in [-0.15, -0.1) is 0 Å². The number of hydrogen-bond acceptors (Lipinski definition) is 6. The number of anilines is 1. The molecule has 1 N–H and O–H groups in total. The van der Waals surface area contributed by atoms with Crippen molar-refractivity contribution in [3.63, 3.8) is 0 Å². The van der Waals surface area contributed by atoms with E-state index >= 15 is 0 Å². The number of rotatable bonds is 4. The number of hydrogen-bond donors (Lipinski definition) is 1. The molecule has 0 radical (unpaired) electrons. The summed E-state index contributed by atoms with van der Waals surface area (Å²) in [4.78, 5) is 32.9. The van der Waals surface area contributed by atoms with Gasteiger partial charge >= 0.3 is 5.91 Å². The van der Waals surface area contributed by atoms with Gasteiger partial charge in [-0.2, -0.15) is 0 Å². The summed E-state index contributed by atoms with van der Waals surface area (Å²) in [7, 11) is 1.50. The maximum absolute atomic E-state index is 13.5. The van der Waals surface area contributed by atoms with E-state index in [1.807, 2.05) is 26.0 Å². The molecule has 1 atom stereocenters. The Morgan fingerprint density at radius 2 is 1.83 bits per heavy atom. The number of carbonyl (C=O) groups excluding carboxylic acids is 2. The van der Waals surface area contributed by atoms with Crippen molar-refractivity contribution in [3.05, 3.63) is 92.5 Å². The van der Waals surface area contributed by atoms with Gasteiger partial charge in [-0.05, 0) is 60.9 Å². The minimum Gasteiger partial charge on any atom is -0.507 e. The van der Waals surface area contributed by atoms with Crippen molar-refractivity contribution in [1.82, 2.24) is 4.98 Å². The van der Waals surface area contributed by atoms with Crippen molar-refractivity contribution >= 4 is 67.3 Å². The number of nitrogens with zero attached hydrogens (tertiary/aromatic N) is 2. The summed E-state index contributed by atoms with van der Waals surface area (Å²) >= 11 is 13.8. The number of thiazole rings is 1. The summed E-state index contributed by atoms with van der Waals surface area (Å²) < 4.78 is 6.16. The van der Waals surface area contributed by atoms with Crippen LogP contribution in [0.25, 0.3) is 16.0 Å². The van der Waals surface area contributed by atoms with Crippen molar-refractivity contribution in [1.29, 1.82) is 0 Å². The third-order valence-corrected chi connectivity index (χ3v) is 7.81. The van der Waals surface area contributed by atoms with Gasteiger partial charge in [-0.25, -0.2) is 4.98 Å². The Bertz CT molecular complexity index is 1590. The molecule has 36 heavy (non-hydrogen) atoms. The van der Waals surface area contributed by atoms with Crippen LogP contribution in [-0.2, 0) is 9.59 Å². The van der Waals surface area contributed by atoms with Gasteiger partial charge in [0.15, 0.2) is 5.13 Å². The summed E-state index contributed by atoms with van der Waals surface area (Å²) in [6.45, 7) is 3.94. The Morgan fingerprint density at radius 3 is 2.56 bits per heavy atom. The monoisotopic (exact) mass is 538 g/mol. The number of aromatic nitrogens is 1. The van der Waals surface area contributed by atoms with E-state index in [0.717, 1.165) is 21.3 Å². The number of aliphatic hydroxyl groups is 1. The molecule has 1 aromatic heterocycles. The second-order valence-corrected chi connectivity index (χ2v) is 10.3. The molecule has 0 saturated carbocycles. The molecule has 2 heterocycles. The largest absolute Gasteiger partial charge is 0.507 e. The molecule has 1 unspecified atom stereocenters. The Kier molecular flexibility index (Phi) is 6.24. The Hall–Kier alpha value is -3.39. The predicted molar refractivity (Wildman–Crippen MR) is 143 cm³/mol. The fourth-order valence-corrected chi connectivity index (χ4v) is 5.89. The number of carbonyl (C=O) groups is 2. The lowest BCUT2D eigenvalue weighted by atomic mass is 9.95. The van der Waals surface area contributed by atoms with E-state index in [-0.39, 0.29) is 16.4 Å². The summed E-state index contributed by atoms with van der Waals surface area (Å²) in [5.74, 6) is -1.43. The standard InChI is InChI=1S/C27H20Cl2N2O4S/c1-13-9-14(2)22-20(10-13)36-27(30-22)31-23(15-7-8-18(28)19(29)12-15)21(25(33)26(31)34)24(32)16-5-4-6-17(11-16)35-3/h4-12,23,32H,1-3H3.